The zero-order valence-electron chi connectivity index (χ0n) is 29.3. The highest BCUT2D eigenvalue weighted by Crippen LogP contribution is 2.44. The van der Waals surface area contributed by atoms with E-state index < -0.39 is 0 Å². The van der Waals surface area contributed by atoms with Gasteiger partial charge in [0, 0.05) is 10.8 Å². The Morgan fingerprint density at radius 2 is 0.736 bits per heavy atom. The Bertz CT molecular complexity index is 2880. The van der Waals surface area contributed by atoms with Crippen LogP contribution in [0.3, 0.4) is 0 Å². The molecule has 0 aliphatic carbocycles. The van der Waals surface area contributed by atoms with Crippen LogP contribution in [0.25, 0.3) is 98.8 Å². The van der Waals surface area contributed by atoms with E-state index in [-0.39, 0.29) is 0 Å². The number of allylic oxidation sites excluding steroid dienone is 2. The summed E-state index contributed by atoms with van der Waals surface area (Å²) in [6.07, 6.45) is 3.28. The molecule has 0 saturated carbocycles. The van der Waals surface area contributed by atoms with Crippen molar-refractivity contribution >= 4 is 54.3 Å². The third-order valence-corrected chi connectivity index (χ3v) is 10.2. The molecule has 1 heteroatoms. The molecule has 0 fully saturated rings. The normalized spacial score (nSPS) is 11.2. The van der Waals surface area contributed by atoms with E-state index in [0.29, 0.717) is 0 Å². The smallest absolute Gasteiger partial charge is 0.136 e. The minimum atomic E-state index is 0.916. The number of hydrogen-bond donors (Lipinski definition) is 0. The van der Waals surface area contributed by atoms with Crippen molar-refractivity contribution in [1.29, 1.82) is 0 Å². The molecule has 1 nitrogen and oxygen atoms in total. The van der Waals surface area contributed by atoms with Crippen LogP contribution in [-0.4, -0.2) is 0 Å². The largest absolute Gasteiger partial charge is 0.456 e. The van der Waals surface area contributed by atoms with Gasteiger partial charge in [-0.15, -0.1) is 0 Å². The second kappa shape index (κ2) is 13.6. The molecule has 0 amide bonds. The molecule has 10 rings (SSSR count). The number of rotatable bonds is 5. The molecule has 0 saturated heterocycles. The van der Waals surface area contributed by atoms with Crippen molar-refractivity contribution in [1.82, 2.24) is 0 Å². The van der Waals surface area contributed by atoms with Crippen LogP contribution < -0.4 is 0 Å². The molecule has 250 valence electrons. The lowest BCUT2D eigenvalue weighted by Gasteiger charge is -2.18. The number of furan rings is 1. The quantitative estimate of drug-likeness (QED) is 0.131. The van der Waals surface area contributed by atoms with Gasteiger partial charge in [0.2, 0.25) is 0 Å². The van der Waals surface area contributed by atoms with Crippen molar-refractivity contribution < 1.29 is 4.42 Å². The van der Waals surface area contributed by atoms with Gasteiger partial charge in [0.1, 0.15) is 11.2 Å². The molecule has 0 aliphatic heterocycles. The van der Waals surface area contributed by atoms with E-state index in [0.717, 1.165) is 16.6 Å². The molecule has 0 bridgehead atoms. The third kappa shape index (κ3) is 5.69. The summed E-state index contributed by atoms with van der Waals surface area (Å²) in [6, 6.07) is 65.8. The Labute approximate surface area is 309 Å². The van der Waals surface area contributed by atoms with Crippen LogP contribution in [-0.2, 0) is 0 Å². The van der Waals surface area contributed by atoms with E-state index in [1.54, 1.807) is 12.2 Å². The molecule has 0 spiro atoms. The first-order valence-corrected chi connectivity index (χ1v) is 18.0. The van der Waals surface area contributed by atoms with Gasteiger partial charge in [0.15, 0.2) is 0 Å². The maximum atomic E-state index is 6.28. The van der Waals surface area contributed by atoms with Gasteiger partial charge < -0.3 is 4.42 Å². The Morgan fingerprint density at radius 1 is 0.321 bits per heavy atom. The number of benzene rings is 9. The molecule has 1 aromatic heterocycles. The third-order valence-electron chi connectivity index (χ3n) is 10.2. The Kier molecular flexibility index (Phi) is 8.23. The average Bonchev–Trinajstić information content (AvgIpc) is 3.62. The minimum absolute atomic E-state index is 0.916. The van der Waals surface area contributed by atoms with E-state index >= 15 is 0 Å². The lowest BCUT2D eigenvalue weighted by molar-refractivity contribution is 0.669. The first kappa shape index (κ1) is 32.0. The maximum Gasteiger partial charge on any atom is 0.136 e. The van der Waals surface area contributed by atoms with Crippen molar-refractivity contribution in [2.24, 2.45) is 0 Å². The maximum absolute atomic E-state index is 6.28. The van der Waals surface area contributed by atoms with Gasteiger partial charge >= 0.3 is 0 Å². The molecule has 0 aliphatic rings. The summed E-state index contributed by atoms with van der Waals surface area (Å²) in [5.41, 5.74) is 11.6. The molecular formula is C52H36O. The van der Waals surface area contributed by atoms with Crippen LogP contribution in [0.2, 0.25) is 0 Å². The fourth-order valence-electron chi connectivity index (χ4n) is 7.77. The Balaban J connectivity index is 0.000000888. The first-order valence-electron chi connectivity index (χ1n) is 18.0. The molecule has 9 aromatic carbocycles. The number of hydrogen-bond acceptors (Lipinski definition) is 1. The summed E-state index contributed by atoms with van der Waals surface area (Å²) >= 11 is 0. The van der Waals surface area contributed by atoms with Gasteiger partial charge in [0.25, 0.3) is 0 Å². The minimum Gasteiger partial charge on any atom is -0.456 e. The molecule has 1 heterocycles. The highest BCUT2D eigenvalue weighted by atomic mass is 16.3. The lowest BCUT2D eigenvalue weighted by Crippen LogP contribution is -1.91. The summed E-state index contributed by atoms with van der Waals surface area (Å²) in [5, 5.41) is 9.82. The first-order chi connectivity index (χ1) is 26.2. The highest BCUT2D eigenvalue weighted by molar-refractivity contribution is 6.22. The molecule has 53 heavy (non-hydrogen) atoms. The summed E-state index contributed by atoms with van der Waals surface area (Å²) in [4.78, 5) is 0. The van der Waals surface area contributed by atoms with Crippen molar-refractivity contribution in [2.75, 3.05) is 0 Å². The standard InChI is InChI=1S/C48H30O.C4H6/c1-2-10-31(11-3-1)32-18-22-35(23-19-32)46-39-14-6-8-16-41(39)47(42-17-9-7-15-40(42)46)36-24-20-33(21-25-36)37-27-28-44-43(30-37)48-38-13-5-4-12-34(38)26-29-45(48)49-44;1-3-4-2/h1-30H;3-4H,1-2H2. The second-order valence-corrected chi connectivity index (χ2v) is 13.3. The summed E-state index contributed by atoms with van der Waals surface area (Å²) in [7, 11) is 0. The predicted molar refractivity (Wildman–Crippen MR) is 228 cm³/mol. The highest BCUT2D eigenvalue weighted by Gasteiger charge is 2.17. The van der Waals surface area contributed by atoms with E-state index in [9.17, 15) is 0 Å². The summed E-state index contributed by atoms with van der Waals surface area (Å²) in [5.74, 6) is 0. The van der Waals surface area contributed by atoms with Crippen LogP contribution >= 0.6 is 0 Å². The van der Waals surface area contributed by atoms with Crippen molar-refractivity contribution in [2.45, 2.75) is 0 Å². The molecule has 0 atom stereocenters. The zero-order chi connectivity index (χ0) is 35.7. The molecule has 10 aromatic rings. The van der Waals surface area contributed by atoms with Crippen molar-refractivity contribution in [3.8, 4) is 44.5 Å². The number of fused-ring (bicyclic) bond motifs is 7. The van der Waals surface area contributed by atoms with E-state index in [1.165, 1.54) is 82.2 Å². The van der Waals surface area contributed by atoms with Gasteiger partial charge in [0.05, 0.1) is 0 Å². The molecule has 0 N–H and O–H groups in total. The van der Waals surface area contributed by atoms with E-state index in [4.69, 9.17) is 4.42 Å². The fraction of sp³-hybridized carbons (Fsp3) is 0. The lowest BCUT2D eigenvalue weighted by atomic mass is 9.85. The van der Waals surface area contributed by atoms with Gasteiger partial charge in [-0.1, -0.05) is 189 Å². The SMILES string of the molecule is C=CC=C.c1ccc(-c2ccc(-c3c4ccccc4c(-c4ccc(-c5ccc6oc7ccc8ccccc8c7c6c5)cc4)c4ccccc34)cc2)cc1. The summed E-state index contributed by atoms with van der Waals surface area (Å²) in [6.45, 7) is 6.72. The van der Waals surface area contributed by atoms with E-state index in [2.05, 4.69) is 195 Å². The van der Waals surface area contributed by atoms with Gasteiger partial charge in [-0.25, -0.2) is 0 Å². The Hall–Kier alpha value is -6.96. The summed E-state index contributed by atoms with van der Waals surface area (Å²) < 4.78 is 6.28. The van der Waals surface area contributed by atoms with Crippen LogP contribution in [0.1, 0.15) is 0 Å². The molecular weight excluding hydrogens is 641 g/mol. The average molecular weight is 677 g/mol. The van der Waals surface area contributed by atoms with Crippen molar-refractivity contribution in [3.05, 3.63) is 207 Å². The monoisotopic (exact) mass is 676 g/mol. The zero-order valence-corrected chi connectivity index (χ0v) is 29.3. The van der Waals surface area contributed by atoms with Crippen molar-refractivity contribution in [3.63, 3.8) is 0 Å². The van der Waals surface area contributed by atoms with Crippen LogP contribution in [0.5, 0.6) is 0 Å². The van der Waals surface area contributed by atoms with Gasteiger partial charge in [-0.2, -0.15) is 0 Å². The second-order valence-electron chi connectivity index (χ2n) is 13.3. The van der Waals surface area contributed by atoms with Crippen LogP contribution in [0, 0.1) is 0 Å². The van der Waals surface area contributed by atoms with Crippen LogP contribution in [0.4, 0.5) is 0 Å². The molecule has 0 unspecified atom stereocenters. The topological polar surface area (TPSA) is 13.1 Å². The van der Waals surface area contributed by atoms with Gasteiger partial charge in [-0.3, -0.25) is 0 Å². The fourth-order valence-corrected chi connectivity index (χ4v) is 7.77. The predicted octanol–water partition coefficient (Wildman–Crippen LogP) is 15.1. The van der Waals surface area contributed by atoms with Crippen LogP contribution in [0.15, 0.2) is 212 Å². The van der Waals surface area contributed by atoms with E-state index in [1.807, 2.05) is 0 Å². The Morgan fingerprint density at radius 3 is 1.28 bits per heavy atom. The van der Waals surface area contributed by atoms with Gasteiger partial charge in [-0.05, 0) is 95.0 Å². The molecule has 0 radical (unpaired) electrons.